The molecule has 1 aliphatic heterocycles. The molecular weight excluding hydrogens is 364 g/mol. The van der Waals surface area contributed by atoms with Crippen molar-refractivity contribution in [1.29, 1.82) is 0 Å². The minimum atomic E-state index is -0.227. The number of nitrogens with zero attached hydrogens (tertiary/aromatic N) is 2. The summed E-state index contributed by atoms with van der Waals surface area (Å²) < 4.78 is 5.95. The van der Waals surface area contributed by atoms with E-state index in [2.05, 4.69) is 6.07 Å². The molecule has 0 N–H and O–H groups in total. The van der Waals surface area contributed by atoms with Crippen LogP contribution in [0.15, 0.2) is 59.0 Å². The second-order valence-corrected chi connectivity index (χ2v) is 7.75. The van der Waals surface area contributed by atoms with Crippen molar-refractivity contribution in [3.63, 3.8) is 0 Å². The van der Waals surface area contributed by atoms with Crippen LogP contribution in [0, 0.1) is 0 Å². The van der Waals surface area contributed by atoms with Crippen LogP contribution in [0.1, 0.15) is 49.2 Å². The summed E-state index contributed by atoms with van der Waals surface area (Å²) in [5.74, 6) is 0.755. The number of hydrogen-bond donors (Lipinski definition) is 0. The molecule has 0 bridgehead atoms. The first kappa shape index (κ1) is 19.2. The highest BCUT2D eigenvalue weighted by atomic mass is 16.3. The van der Waals surface area contributed by atoms with Crippen LogP contribution in [0.25, 0.3) is 11.0 Å². The predicted molar refractivity (Wildman–Crippen MR) is 112 cm³/mol. The molecule has 0 spiro atoms. The van der Waals surface area contributed by atoms with E-state index in [0.29, 0.717) is 6.54 Å². The Bertz CT molecular complexity index is 1020. The zero-order valence-electron chi connectivity index (χ0n) is 17.1. The molecule has 0 saturated carbocycles. The number of fused-ring (bicyclic) bond motifs is 2. The fourth-order valence-corrected chi connectivity index (χ4v) is 4.17. The van der Waals surface area contributed by atoms with E-state index in [1.807, 2.05) is 60.4 Å². The van der Waals surface area contributed by atoms with Crippen molar-refractivity contribution in [2.75, 3.05) is 13.6 Å². The number of carbonyl (C=O) groups excluding carboxylic acids is 2. The maximum Gasteiger partial charge on any atom is 0.225 e. The molecule has 2 heterocycles. The zero-order chi connectivity index (χ0) is 20.5. The van der Waals surface area contributed by atoms with Gasteiger partial charge in [-0.3, -0.25) is 9.59 Å². The van der Waals surface area contributed by atoms with Gasteiger partial charge in [-0.15, -0.1) is 0 Å². The normalized spacial score (nSPS) is 17.1. The summed E-state index contributed by atoms with van der Waals surface area (Å²) in [7, 11) is 1.80. The van der Waals surface area contributed by atoms with Gasteiger partial charge >= 0.3 is 0 Å². The lowest BCUT2D eigenvalue weighted by atomic mass is 9.90. The highest BCUT2D eigenvalue weighted by Gasteiger charge is 2.32. The fraction of sp³-hybridized carbons (Fsp3) is 0.333. The first-order valence-electron chi connectivity index (χ1n) is 10.0. The van der Waals surface area contributed by atoms with Crippen LogP contribution in [0.2, 0.25) is 0 Å². The van der Waals surface area contributed by atoms with E-state index in [0.717, 1.165) is 28.7 Å². The number of rotatable bonds is 4. The number of furan rings is 1. The molecule has 1 aromatic heterocycles. The van der Waals surface area contributed by atoms with Gasteiger partial charge in [-0.05, 0) is 36.6 Å². The maximum absolute atomic E-state index is 13.2. The monoisotopic (exact) mass is 390 g/mol. The van der Waals surface area contributed by atoms with Gasteiger partial charge in [-0.2, -0.15) is 0 Å². The van der Waals surface area contributed by atoms with Crippen molar-refractivity contribution in [1.82, 2.24) is 9.80 Å². The van der Waals surface area contributed by atoms with Gasteiger partial charge in [0.1, 0.15) is 11.3 Å². The second kappa shape index (κ2) is 7.74. The molecule has 1 aliphatic rings. The Kier molecular flexibility index (Phi) is 5.14. The first-order valence-corrected chi connectivity index (χ1v) is 10.0. The van der Waals surface area contributed by atoms with E-state index >= 15 is 0 Å². The third-order valence-corrected chi connectivity index (χ3v) is 6.02. The SMILES string of the molecule is CC(=O)N1CCc2ccccc2C1CC(=O)N(C)C(C)c1cc2ccccc2o1. The standard InChI is InChI=1S/C24H26N2O3/c1-16(23-14-19-9-5-7-11-22(19)29-23)25(3)24(28)15-21-20-10-6-4-8-18(20)12-13-26(21)17(2)27/h4-11,14,16,21H,12-13,15H2,1-3H3. The third kappa shape index (κ3) is 3.65. The number of carbonyl (C=O) groups is 2. The van der Waals surface area contributed by atoms with Crippen LogP contribution in [-0.4, -0.2) is 35.2 Å². The molecule has 0 aliphatic carbocycles. The summed E-state index contributed by atoms with van der Waals surface area (Å²) >= 11 is 0. The molecule has 5 nitrogen and oxygen atoms in total. The number of amides is 2. The number of hydrogen-bond acceptors (Lipinski definition) is 3. The highest BCUT2D eigenvalue weighted by Crippen LogP contribution is 2.34. The smallest absolute Gasteiger partial charge is 0.225 e. The maximum atomic E-state index is 13.2. The minimum Gasteiger partial charge on any atom is -0.459 e. The number of para-hydroxylation sites is 1. The summed E-state index contributed by atoms with van der Waals surface area (Å²) in [6.45, 7) is 4.19. The number of benzene rings is 2. The summed E-state index contributed by atoms with van der Waals surface area (Å²) in [5, 5.41) is 1.03. The molecule has 0 fully saturated rings. The lowest BCUT2D eigenvalue weighted by Crippen LogP contribution is -2.41. The molecule has 4 rings (SSSR count). The molecule has 2 amide bonds. The van der Waals surface area contributed by atoms with E-state index in [1.165, 1.54) is 5.56 Å². The van der Waals surface area contributed by atoms with E-state index in [9.17, 15) is 9.59 Å². The summed E-state index contributed by atoms with van der Waals surface area (Å²) in [4.78, 5) is 28.9. The van der Waals surface area contributed by atoms with Gasteiger partial charge in [0.05, 0.1) is 18.5 Å². The van der Waals surface area contributed by atoms with Crippen molar-refractivity contribution < 1.29 is 14.0 Å². The Hall–Kier alpha value is -3.08. The van der Waals surface area contributed by atoms with E-state index in [1.54, 1.807) is 18.9 Å². The molecule has 3 aromatic rings. The van der Waals surface area contributed by atoms with Gasteiger partial charge in [0, 0.05) is 25.9 Å². The Balaban J connectivity index is 1.56. The average molecular weight is 390 g/mol. The van der Waals surface area contributed by atoms with Crippen LogP contribution >= 0.6 is 0 Å². The average Bonchev–Trinajstić information content (AvgIpc) is 3.16. The van der Waals surface area contributed by atoms with Gasteiger partial charge < -0.3 is 14.2 Å². The van der Waals surface area contributed by atoms with Crippen molar-refractivity contribution in [2.45, 2.75) is 38.8 Å². The fourth-order valence-electron chi connectivity index (χ4n) is 4.17. The minimum absolute atomic E-state index is 0.00490. The van der Waals surface area contributed by atoms with Gasteiger partial charge in [0.25, 0.3) is 0 Å². The molecule has 150 valence electrons. The van der Waals surface area contributed by atoms with Crippen molar-refractivity contribution >= 4 is 22.8 Å². The van der Waals surface area contributed by atoms with Gasteiger partial charge in [-0.25, -0.2) is 0 Å². The van der Waals surface area contributed by atoms with Crippen molar-refractivity contribution in [3.8, 4) is 0 Å². The lowest BCUT2D eigenvalue weighted by Gasteiger charge is -2.37. The molecular formula is C24H26N2O3. The van der Waals surface area contributed by atoms with E-state index in [4.69, 9.17) is 4.42 Å². The quantitative estimate of drug-likeness (QED) is 0.660. The van der Waals surface area contributed by atoms with Crippen molar-refractivity contribution in [2.24, 2.45) is 0 Å². The van der Waals surface area contributed by atoms with Crippen LogP contribution in [-0.2, 0) is 16.0 Å². The molecule has 2 unspecified atom stereocenters. The van der Waals surface area contributed by atoms with Gasteiger partial charge in [0.2, 0.25) is 11.8 Å². The largest absolute Gasteiger partial charge is 0.459 e. The summed E-state index contributed by atoms with van der Waals surface area (Å²) in [6, 6.07) is 17.5. The molecule has 5 heteroatoms. The van der Waals surface area contributed by atoms with Crippen molar-refractivity contribution in [3.05, 3.63) is 71.5 Å². The Labute approximate surface area is 170 Å². The molecule has 2 aromatic carbocycles. The molecule has 0 saturated heterocycles. The Morgan fingerprint density at radius 1 is 1.17 bits per heavy atom. The lowest BCUT2D eigenvalue weighted by molar-refractivity contribution is -0.137. The topological polar surface area (TPSA) is 53.8 Å². The van der Waals surface area contributed by atoms with Crippen LogP contribution < -0.4 is 0 Å². The molecule has 29 heavy (non-hydrogen) atoms. The van der Waals surface area contributed by atoms with Crippen LogP contribution in [0.4, 0.5) is 0 Å². The predicted octanol–water partition coefficient (Wildman–Crippen LogP) is 4.49. The summed E-state index contributed by atoms with van der Waals surface area (Å²) in [5.41, 5.74) is 3.11. The third-order valence-electron chi connectivity index (χ3n) is 6.02. The van der Waals surface area contributed by atoms with Crippen LogP contribution in [0.5, 0.6) is 0 Å². The highest BCUT2D eigenvalue weighted by molar-refractivity contribution is 5.81. The van der Waals surface area contributed by atoms with Gasteiger partial charge in [0.15, 0.2) is 0 Å². The first-order chi connectivity index (χ1) is 14.0. The Morgan fingerprint density at radius 2 is 1.90 bits per heavy atom. The van der Waals surface area contributed by atoms with Crippen LogP contribution in [0.3, 0.4) is 0 Å². The molecule has 0 radical (unpaired) electrons. The van der Waals surface area contributed by atoms with Gasteiger partial charge in [-0.1, -0.05) is 42.5 Å². The van der Waals surface area contributed by atoms with E-state index in [-0.39, 0.29) is 30.3 Å². The van der Waals surface area contributed by atoms with E-state index < -0.39 is 0 Å². The summed E-state index contributed by atoms with van der Waals surface area (Å²) in [6.07, 6.45) is 1.09. The zero-order valence-corrected chi connectivity index (χ0v) is 17.1. The second-order valence-electron chi connectivity index (χ2n) is 7.75. The Morgan fingerprint density at radius 3 is 2.66 bits per heavy atom. The molecule has 2 atom stereocenters.